The van der Waals surface area contributed by atoms with Gasteiger partial charge in [0.15, 0.2) is 0 Å². The summed E-state index contributed by atoms with van der Waals surface area (Å²) in [6, 6.07) is 14.0. The summed E-state index contributed by atoms with van der Waals surface area (Å²) in [5.74, 6) is 3.54. The fourth-order valence-electron chi connectivity index (χ4n) is 9.51. The zero-order chi connectivity index (χ0) is 54.1. The van der Waals surface area contributed by atoms with E-state index >= 15 is 0 Å². The highest BCUT2D eigenvalue weighted by Crippen LogP contribution is 2.59. The minimum absolute atomic E-state index is 0.0158. The molecule has 17 nitrogen and oxygen atoms in total. The topological polar surface area (TPSA) is 218 Å². The van der Waals surface area contributed by atoms with Crippen molar-refractivity contribution in [1.82, 2.24) is 29.9 Å². The molecule has 2 aromatic heterocycles. The number of likely N-dealkylation sites (tertiary alicyclic amines) is 2. The van der Waals surface area contributed by atoms with Gasteiger partial charge in [-0.3, -0.25) is 43.0 Å². The van der Waals surface area contributed by atoms with Gasteiger partial charge in [-0.2, -0.15) is 8.78 Å². The minimum Gasteiger partial charge on any atom is -0.346 e. The van der Waals surface area contributed by atoms with E-state index in [0.29, 0.717) is 53.7 Å². The number of thiazole rings is 1. The summed E-state index contributed by atoms with van der Waals surface area (Å²) in [5.41, 5.74) is -3.05. The number of imide groups is 1. The van der Waals surface area contributed by atoms with Gasteiger partial charge in [-0.1, -0.05) is 44.7 Å². The Morgan fingerprint density at radius 2 is 1.75 bits per heavy atom. The van der Waals surface area contributed by atoms with Gasteiger partial charge < -0.3 is 34.7 Å². The van der Waals surface area contributed by atoms with Gasteiger partial charge in [0, 0.05) is 104 Å². The van der Waals surface area contributed by atoms with Crippen LogP contribution in [0.4, 0.5) is 14.5 Å². The number of aromatic nitrogens is 1. The van der Waals surface area contributed by atoms with Gasteiger partial charge in [0.1, 0.15) is 23.1 Å². The number of nitrogens with one attached hydrogen (secondary N) is 1. The first-order valence-electron chi connectivity index (χ1n) is 24.3. The van der Waals surface area contributed by atoms with Gasteiger partial charge >= 0.3 is 13.3 Å². The molecule has 2 saturated heterocycles. The van der Waals surface area contributed by atoms with Crippen molar-refractivity contribution in [1.29, 1.82) is 0 Å². The standard InChI is InChI=1S/C53H56F2N7O10PS2/c1-52(2,3)45(57-46(65)42-30-34-29-35(17-21-41(34)75-42)53(54,55)73(70,71)72)51(69)61-26-10-14-39(61)50(68)60(36-18-15-33(16-19-36)47-56-24-28-74-47)27-23-43(63)58(4)25-8-6-7-11-32-12-9-13-37-38(32)31-62(48(37)66)40-20-22-44(64)59(5)49(40)67/h9,12-13,15-19,21,24,28-30,39-40,45H,6,8,10,14,20,22-23,25-27,31H2,1-5H3,(H,57,65)(H2,70,71,72)/t39-,40?,45+/m0/s1. The molecule has 7 amide bonds. The molecule has 5 aromatic rings. The number of piperidine rings is 1. The molecule has 3 aliphatic heterocycles. The maximum atomic E-state index is 14.9. The molecule has 0 radical (unpaired) electrons. The maximum absolute atomic E-state index is 14.9. The van der Waals surface area contributed by atoms with Crippen LogP contribution >= 0.6 is 30.3 Å². The second kappa shape index (κ2) is 21.9. The third-order valence-electron chi connectivity index (χ3n) is 13.8. The van der Waals surface area contributed by atoms with E-state index in [1.165, 1.54) is 45.2 Å². The molecule has 75 heavy (non-hydrogen) atoms. The van der Waals surface area contributed by atoms with E-state index < -0.39 is 66.0 Å². The van der Waals surface area contributed by atoms with Gasteiger partial charge in [-0.05, 0) is 96.6 Å². The number of halogens is 2. The molecular formula is C53H56F2N7O10PS2. The number of carbonyl (C=O) groups is 7. The van der Waals surface area contributed by atoms with Crippen LogP contribution in [0.2, 0.25) is 0 Å². The lowest BCUT2D eigenvalue weighted by Crippen LogP contribution is -2.58. The van der Waals surface area contributed by atoms with Crippen LogP contribution in [0.25, 0.3) is 20.7 Å². The molecule has 3 N–H and O–H groups in total. The second-order valence-electron chi connectivity index (χ2n) is 19.9. The number of likely N-dealkylation sites (N-methyl/N-ethyl adjacent to an activating group) is 1. The Bertz CT molecular complexity index is 3180. The molecular weight excluding hydrogens is 1030 g/mol. The SMILES string of the molecule is CN(CCCC#Cc1cccc2c1CN(C1CCC(=O)N(C)C1=O)C2=O)C(=O)CCN(C(=O)[C@@H]1CCCN1C(=O)[C@@H](NC(=O)c1cc2cc(C(F)(F)P(=O)(O)O)ccc2s1)C(C)(C)C)c1ccc(-c2nccs2)cc1. The first kappa shape index (κ1) is 54.6. The van der Waals surface area contributed by atoms with Crippen molar-refractivity contribution in [2.24, 2.45) is 5.41 Å². The van der Waals surface area contributed by atoms with Gasteiger partial charge in [0.2, 0.25) is 23.6 Å². The zero-order valence-electron chi connectivity index (χ0n) is 41.9. The third kappa shape index (κ3) is 11.5. The molecule has 0 aliphatic carbocycles. The van der Waals surface area contributed by atoms with Crippen LogP contribution in [0.1, 0.15) is 102 Å². The molecule has 1 unspecified atom stereocenters. The number of fused-ring (bicyclic) bond motifs is 2. The smallest absolute Gasteiger partial charge is 0.346 e. The van der Waals surface area contributed by atoms with Crippen LogP contribution in [0.3, 0.4) is 0 Å². The summed E-state index contributed by atoms with van der Waals surface area (Å²) in [6.07, 6.45) is 3.84. The number of benzene rings is 3. The summed E-state index contributed by atoms with van der Waals surface area (Å²) < 4.78 is 41.1. The van der Waals surface area contributed by atoms with Crippen LogP contribution < -0.4 is 10.2 Å². The number of thiophene rings is 1. The Balaban J connectivity index is 0.927. The lowest BCUT2D eigenvalue weighted by atomic mass is 9.85. The fraction of sp³-hybridized carbons (Fsp3) is 0.396. The van der Waals surface area contributed by atoms with Crippen molar-refractivity contribution in [3.8, 4) is 22.4 Å². The Labute approximate surface area is 440 Å². The summed E-state index contributed by atoms with van der Waals surface area (Å²) >= 11 is 2.41. The van der Waals surface area contributed by atoms with Gasteiger partial charge in [-0.15, -0.1) is 22.7 Å². The summed E-state index contributed by atoms with van der Waals surface area (Å²) in [5, 5.41) is 5.60. The molecule has 2 fully saturated rings. The fourth-order valence-corrected chi connectivity index (χ4v) is 11.6. The van der Waals surface area contributed by atoms with Crippen LogP contribution in [-0.2, 0) is 40.7 Å². The molecule has 394 valence electrons. The predicted octanol–water partition coefficient (Wildman–Crippen LogP) is 7.20. The van der Waals surface area contributed by atoms with E-state index in [9.17, 15) is 56.7 Å². The number of nitrogens with zero attached hydrogens (tertiary/aromatic N) is 6. The number of rotatable bonds is 15. The van der Waals surface area contributed by atoms with E-state index in [-0.39, 0.29) is 66.9 Å². The quantitative estimate of drug-likeness (QED) is 0.0412. The molecule has 0 spiro atoms. The molecule has 3 atom stereocenters. The number of anilines is 1. The van der Waals surface area contributed by atoms with E-state index in [0.717, 1.165) is 44.5 Å². The molecule has 3 aliphatic rings. The van der Waals surface area contributed by atoms with Gasteiger partial charge in [0.25, 0.3) is 17.7 Å². The zero-order valence-corrected chi connectivity index (χ0v) is 44.4. The first-order chi connectivity index (χ1) is 35.5. The van der Waals surface area contributed by atoms with Crippen molar-refractivity contribution in [3.63, 3.8) is 0 Å². The molecule has 3 aromatic carbocycles. The first-order valence-corrected chi connectivity index (χ1v) is 27.6. The second-order valence-corrected chi connectivity index (χ2v) is 23.5. The highest BCUT2D eigenvalue weighted by molar-refractivity contribution is 7.52. The highest BCUT2D eigenvalue weighted by Gasteiger charge is 2.51. The number of alkyl halides is 2. The number of carbonyl (C=O) groups excluding carboxylic acids is 7. The molecule has 0 bridgehead atoms. The average molecular weight is 1080 g/mol. The third-order valence-corrected chi connectivity index (χ3v) is 16.7. The summed E-state index contributed by atoms with van der Waals surface area (Å²) in [6.45, 7) is 6.04. The highest BCUT2D eigenvalue weighted by atomic mass is 32.1. The van der Waals surface area contributed by atoms with Crippen LogP contribution in [0.15, 0.2) is 78.3 Å². The van der Waals surface area contributed by atoms with Crippen molar-refractivity contribution >= 4 is 87.4 Å². The monoisotopic (exact) mass is 1080 g/mol. The average Bonchev–Trinajstić information content (AvgIpc) is 4.22. The summed E-state index contributed by atoms with van der Waals surface area (Å²) in [4.78, 5) is 126. The van der Waals surface area contributed by atoms with Crippen LogP contribution in [0.5, 0.6) is 0 Å². The maximum Gasteiger partial charge on any atom is 0.399 e. The Morgan fingerprint density at radius 3 is 2.44 bits per heavy atom. The Morgan fingerprint density at radius 1 is 1.00 bits per heavy atom. The molecule has 8 rings (SSSR count). The van der Waals surface area contributed by atoms with E-state index in [2.05, 4.69) is 22.1 Å². The van der Waals surface area contributed by atoms with Gasteiger partial charge in [0.05, 0.1) is 4.88 Å². The molecule has 0 saturated carbocycles. The largest absolute Gasteiger partial charge is 0.399 e. The lowest BCUT2D eigenvalue weighted by molar-refractivity contribution is -0.150. The van der Waals surface area contributed by atoms with Crippen LogP contribution in [-0.4, -0.2) is 128 Å². The van der Waals surface area contributed by atoms with Gasteiger partial charge in [-0.25, -0.2) is 4.98 Å². The number of amides is 7. The number of hydrogen-bond acceptors (Lipinski definition) is 11. The number of hydrogen-bond donors (Lipinski definition) is 3. The van der Waals surface area contributed by atoms with Crippen molar-refractivity contribution in [2.45, 2.75) is 96.1 Å². The molecule has 22 heteroatoms. The Hall–Kier alpha value is -6.69. The van der Waals surface area contributed by atoms with Crippen LogP contribution in [0, 0.1) is 17.3 Å². The lowest BCUT2D eigenvalue weighted by Gasteiger charge is -2.36. The summed E-state index contributed by atoms with van der Waals surface area (Å²) in [7, 11) is -2.74. The van der Waals surface area contributed by atoms with Crippen molar-refractivity contribution in [2.75, 3.05) is 38.6 Å². The number of unbranched alkanes of at least 4 members (excludes halogenated alkanes) is 1. The predicted molar refractivity (Wildman–Crippen MR) is 279 cm³/mol. The molecule has 5 heterocycles. The van der Waals surface area contributed by atoms with E-state index in [1.807, 2.05) is 23.6 Å². The van der Waals surface area contributed by atoms with E-state index in [4.69, 9.17) is 0 Å². The van der Waals surface area contributed by atoms with Crippen molar-refractivity contribution < 1.29 is 56.7 Å². The minimum atomic E-state index is -5.84. The van der Waals surface area contributed by atoms with E-state index in [1.54, 1.807) is 63.2 Å². The van der Waals surface area contributed by atoms with Crippen molar-refractivity contribution in [3.05, 3.63) is 105 Å². The Kier molecular flexibility index (Phi) is 15.9. The normalized spacial score (nSPS) is 17.5.